The van der Waals surface area contributed by atoms with Gasteiger partial charge in [-0.25, -0.2) is 0 Å². The second-order valence-electron chi connectivity index (χ2n) is 6.50. The van der Waals surface area contributed by atoms with Crippen LogP contribution in [0.1, 0.15) is 91.9 Å². The van der Waals surface area contributed by atoms with Crippen molar-refractivity contribution in [3.8, 4) is 0 Å². The number of aliphatic hydroxyl groups excluding tert-OH is 2. The van der Waals surface area contributed by atoms with Crippen LogP contribution >= 0.6 is 0 Å². The summed E-state index contributed by atoms with van der Waals surface area (Å²) in [6.07, 6.45) is 12.4. The van der Waals surface area contributed by atoms with Gasteiger partial charge in [0.2, 0.25) is 0 Å². The molecule has 126 valence electrons. The average molecular weight is 299 g/mol. The van der Waals surface area contributed by atoms with Crippen molar-refractivity contribution in [2.75, 3.05) is 0 Å². The normalized spacial score (nSPS) is 16.8. The number of aliphatic hydroxyl groups is 2. The van der Waals surface area contributed by atoms with Crippen molar-refractivity contribution in [3.05, 3.63) is 11.6 Å². The number of allylic oxidation sites excluding steroid dienone is 2. The van der Waals surface area contributed by atoms with E-state index in [1.807, 2.05) is 6.92 Å². The third-order valence-electron chi connectivity index (χ3n) is 4.30. The molecule has 0 fully saturated rings. The number of hydrogen-bond donors (Lipinski definition) is 2. The van der Waals surface area contributed by atoms with E-state index in [0.717, 1.165) is 25.7 Å². The molecule has 21 heavy (non-hydrogen) atoms. The van der Waals surface area contributed by atoms with Crippen molar-refractivity contribution >= 4 is 0 Å². The number of rotatable bonds is 13. The van der Waals surface area contributed by atoms with Gasteiger partial charge in [0.1, 0.15) is 0 Å². The van der Waals surface area contributed by atoms with Crippen molar-refractivity contribution < 1.29 is 10.2 Å². The molecule has 2 heteroatoms. The fraction of sp³-hybridized carbons (Fsp3) is 0.895. The Bertz CT molecular complexity index is 260. The molecule has 0 aliphatic carbocycles. The quantitative estimate of drug-likeness (QED) is 0.361. The van der Waals surface area contributed by atoms with Crippen molar-refractivity contribution in [1.82, 2.24) is 0 Å². The van der Waals surface area contributed by atoms with Gasteiger partial charge in [0.05, 0.1) is 12.2 Å². The third kappa shape index (κ3) is 11.9. The average Bonchev–Trinajstić information content (AvgIpc) is 2.48. The first-order chi connectivity index (χ1) is 10.0. The molecule has 0 aliphatic heterocycles. The standard InChI is InChI=1S/C19H38O2/c1-5-8-9-10-11-17(6-2)14-16(4)12-13-19(21)15-18(20)7-3/h14,16,18-21H,5-13,15H2,1-4H3/b17-14+/t16-,18?,19?/m0/s1. The van der Waals surface area contributed by atoms with Crippen molar-refractivity contribution in [2.45, 2.75) is 104 Å². The maximum Gasteiger partial charge on any atom is 0.0565 e. The first kappa shape index (κ1) is 20.7. The van der Waals surface area contributed by atoms with Crippen LogP contribution in [-0.2, 0) is 0 Å². The summed E-state index contributed by atoms with van der Waals surface area (Å²) in [4.78, 5) is 0. The van der Waals surface area contributed by atoms with E-state index in [2.05, 4.69) is 26.8 Å². The molecule has 0 aromatic rings. The summed E-state index contributed by atoms with van der Waals surface area (Å²) in [6.45, 7) is 8.68. The zero-order chi connectivity index (χ0) is 16.1. The third-order valence-corrected chi connectivity index (χ3v) is 4.30. The fourth-order valence-corrected chi connectivity index (χ4v) is 2.70. The van der Waals surface area contributed by atoms with Crippen LogP contribution in [0.4, 0.5) is 0 Å². The summed E-state index contributed by atoms with van der Waals surface area (Å²) in [7, 11) is 0. The highest BCUT2D eigenvalue weighted by atomic mass is 16.3. The van der Waals surface area contributed by atoms with Gasteiger partial charge in [-0.05, 0) is 50.9 Å². The van der Waals surface area contributed by atoms with Crippen LogP contribution in [0.5, 0.6) is 0 Å². The molecule has 0 saturated carbocycles. The molecule has 0 rings (SSSR count). The highest BCUT2D eigenvalue weighted by Crippen LogP contribution is 2.19. The minimum Gasteiger partial charge on any atom is -0.393 e. The van der Waals surface area contributed by atoms with Crippen molar-refractivity contribution in [2.24, 2.45) is 5.92 Å². The predicted octanol–water partition coefficient (Wildman–Crippen LogP) is 5.23. The van der Waals surface area contributed by atoms with E-state index in [9.17, 15) is 10.2 Å². The lowest BCUT2D eigenvalue weighted by atomic mass is 9.95. The van der Waals surface area contributed by atoms with E-state index >= 15 is 0 Å². The molecule has 0 radical (unpaired) electrons. The molecule has 0 aliphatic rings. The van der Waals surface area contributed by atoms with E-state index in [1.165, 1.54) is 32.1 Å². The minimum absolute atomic E-state index is 0.351. The predicted molar refractivity (Wildman–Crippen MR) is 92.5 cm³/mol. The van der Waals surface area contributed by atoms with Crippen LogP contribution in [0.25, 0.3) is 0 Å². The summed E-state index contributed by atoms with van der Waals surface area (Å²) >= 11 is 0. The van der Waals surface area contributed by atoms with Gasteiger partial charge in [-0.15, -0.1) is 0 Å². The van der Waals surface area contributed by atoms with E-state index in [4.69, 9.17) is 0 Å². The maximum atomic E-state index is 9.91. The van der Waals surface area contributed by atoms with Gasteiger partial charge in [0.25, 0.3) is 0 Å². The Kier molecular flexibility index (Phi) is 13.1. The minimum atomic E-state index is -0.356. The largest absolute Gasteiger partial charge is 0.393 e. The molecule has 0 amide bonds. The van der Waals surface area contributed by atoms with Gasteiger partial charge in [0, 0.05) is 0 Å². The molecular weight excluding hydrogens is 260 g/mol. The van der Waals surface area contributed by atoms with Crippen molar-refractivity contribution in [3.63, 3.8) is 0 Å². The molecule has 0 heterocycles. The molecule has 0 bridgehead atoms. The highest BCUT2D eigenvalue weighted by Gasteiger charge is 2.11. The van der Waals surface area contributed by atoms with E-state index in [0.29, 0.717) is 12.3 Å². The lowest BCUT2D eigenvalue weighted by Crippen LogP contribution is -2.17. The first-order valence-electron chi connectivity index (χ1n) is 9.09. The molecule has 0 aromatic heterocycles. The Morgan fingerprint density at radius 2 is 1.67 bits per heavy atom. The van der Waals surface area contributed by atoms with E-state index in [-0.39, 0.29) is 12.2 Å². The second kappa shape index (κ2) is 13.3. The zero-order valence-electron chi connectivity index (χ0n) is 14.8. The van der Waals surface area contributed by atoms with Crippen LogP contribution in [-0.4, -0.2) is 22.4 Å². The molecule has 0 aromatic carbocycles. The Morgan fingerprint density at radius 3 is 2.24 bits per heavy atom. The van der Waals surface area contributed by atoms with Gasteiger partial charge >= 0.3 is 0 Å². The Balaban J connectivity index is 4.00. The topological polar surface area (TPSA) is 40.5 Å². The lowest BCUT2D eigenvalue weighted by molar-refractivity contribution is 0.0711. The van der Waals surface area contributed by atoms with Crippen LogP contribution in [0.3, 0.4) is 0 Å². The van der Waals surface area contributed by atoms with Gasteiger partial charge in [-0.1, -0.05) is 58.6 Å². The second-order valence-corrected chi connectivity index (χ2v) is 6.50. The molecule has 3 atom stereocenters. The van der Waals surface area contributed by atoms with Crippen LogP contribution in [0.2, 0.25) is 0 Å². The molecule has 2 nitrogen and oxygen atoms in total. The van der Waals surface area contributed by atoms with Gasteiger partial charge in [-0.2, -0.15) is 0 Å². The first-order valence-corrected chi connectivity index (χ1v) is 9.09. The van der Waals surface area contributed by atoms with E-state index in [1.54, 1.807) is 5.57 Å². The molecule has 2 N–H and O–H groups in total. The fourth-order valence-electron chi connectivity index (χ4n) is 2.70. The van der Waals surface area contributed by atoms with Gasteiger partial charge < -0.3 is 10.2 Å². The van der Waals surface area contributed by atoms with Crippen LogP contribution < -0.4 is 0 Å². The summed E-state index contributed by atoms with van der Waals surface area (Å²) in [6, 6.07) is 0. The van der Waals surface area contributed by atoms with Crippen molar-refractivity contribution in [1.29, 1.82) is 0 Å². The highest BCUT2D eigenvalue weighted by molar-refractivity contribution is 5.03. The van der Waals surface area contributed by atoms with Crippen LogP contribution in [0.15, 0.2) is 11.6 Å². The summed E-state index contributed by atoms with van der Waals surface area (Å²) in [5.41, 5.74) is 1.57. The summed E-state index contributed by atoms with van der Waals surface area (Å²) < 4.78 is 0. The monoisotopic (exact) mass is 298 g/mol. The maximum absolute atomic E-state index is 9.91. The van der Waals surface area contributed by atoms with Gasteiger partial charge in [-0.3, -0.25) is 0 Å². The Hall–Kier alpha value is -0.340. The lowest BCUT2D eigenvalue weighted by Gasteiger charge is -2.16. The molecular formula is C19H38O2. The SMILES string of the molecule is CCCCCC/C(=C/[C@@H](C)CCC(O)CC(O)CC)CC. The van der Waals surface area contributed by atoms with Gasteiger partial charge in [0.15, 0.2) is 0 Å². The number of unbranched alkanes of at least 4 members (excludes halogenated alkanes) is 3. The van der Waals surface area contributed by atoms with E-state index < -0.39 is 0 Å². The molecule has 0 saturated heterocycles. The summed E-state index contributed by atoms with van der Waals surface area (Å²) in [5, 5.41) is 19.5. The Morgan fingerprint density at radius 1 is 0.952 bits per heavy atom. The Labute approximate surface area is 132 Å². The zero-order valence-corrected chi connectivity index (χ0v) is 14.8. The molecule has 0 spiro atoms. The summed E-state index contributed by atoms with van der Waals surface area (Å²) in [5.74, 6) is 0.527. The molecule has 2 unspecified atom stereocenters. The smallest absolute Gasteiger partial charge is 0.0565 e. The number of hydrogen-bond acceptors (Lipinski definition) is 2. The van der Waals surface area contributed by atoms with Crippen LogP contribution in [0, 0.1) is 5.92 Å².